The van der Waals surface area contributed by atoms with Crippen LogP contribution >= 0.6 is 0 Å². The molecule has 0 aliphatic heterocycles. The van der Waals surface area contributed by atoms with Gasteiger partial charge in [-0.25, -0.2) is 5.43 Å². The Kier molecular flexibility index (Phi) is 4.23. The van der Waals surface area contributed by atoms with Crippen molar-refractivity contribution in [3.05, 3.63) is 84.6 Å². The molecule has 128 valence electrons. The van der Waals surface area contributed by atoms with E-state index >= 15 is 0 Å². The molecule has 3 aromatic carbocycles. The molecule has 1 heterocycles. The van der Waals surface area contributed by atoms with E-state index in [0.717, 1.165) is 27.6 Å². The molecule has 0 radical (unpaired) electrons. The third kappa shape index (κ3) is 3.22. The minimum absolute atomic E-state index is 0.147. The number of hydrazone groups is 1. The first-order valence-corrected chi connectivity index (χ1v) is 8.57. The average molecular weight is 341 g/mol. The molecule has 0 saturated carbocycles. The van der Waals surface area contributed by atoms with Crippen LogP contribution in [0.1, 0.15) is 12.5 Å². The number of amides is 1. The van der Waals surface area contributed by atoms with E-state index in [2.05, 4.69) is 34.8 Å². The van der Waals surface area contributed by atoms with Crippen LogP contribution in [-0.2, 0) is 11.3 Å². The number of nitrogens with one attached hydrogen (secondary N) is 1. The molecule has 0 atom stereocenters. The molecule has 4 nitrogen and oxygen atoms in total. The summed E-state index contributed by atoms with van der Waals surface area (Å²) in [6.45, 7) is 2.14. The Hall–Kier alpha value is -3.40. The van der Waals surface area contributed by atoms with Crippen LogP contribution in [-0.4, -0.2) is 16.2 Å². The summed E-state index contributed by atoms with van der Waals surface area (Å²) >= 11 is 0. The van der Waals surface area contributed by atoms with Gasteiger partial charge < -0.3 is 4.57 Å². The van der Waals surface area contributed by atoms with Gasteiger partial charge in [-0.05, 0) is 46.8 Å². The van der Waals surface area contributed by atoms with E-state index in [1.165, 1.54) is 5.39 Å². The van der Waals surface area contributed by atoms with Crippen LogP contribution in [0.4, 0.5) is 0 Å². The molecular weight excluding hydrogens is 322 g/mol. The minimum atomic E-state index is -0.147. The SMILES string of the molecule is CC(=NNC(=O)Cn1ccc2ccccc21)c1ccc2ccccc2c1. The lowest BCUT2D eigenvalue weighted by molar-refractivity contribution is -0.121. The number of hydrogen-bond acceptors (Lipinski definition) is 2. The third-order valence-electron chi connectivity index (χ3n) is 4.51. The summed E-state index contributed by atoms with van der Waals surface area (Å²) in [5, 5.41) is 7.73. The molecule has 4 rings (SSSR count). The summed E-state index contributed by atoms with van der Waals surface area (Å²) in [5.74, 6) is -0.147. The van der Waals surface area contributed by atoms with Gasteiger partial charge >= 0.3 is 0 Å². The van der Waals surface area contributed by atoms with Crippen LogP contribution in [0, 0.1) is 0 Å². The molecule has 4 aromatic rings. The van der Waals surface area contributed by atoms with Gasteiger partial charge in [-0.15, -0.1) is 0 Å². The number of aromatic nitrogens is 1. The zero-order valence-electron chi connectivity index (χ0n) is 14.5. The van der Waals surface area contributed by atoms with Crippen molar-refractivity contribution in [2.75, 3.05) is 0 Å². The summed E-state index contributed by atoms with van der Waals surface area (Å²) in [4.78, 5) is 12.3. The Balaban J connectivity index is 1.48. The van der Waals surface area contributed by atoms with Gasteiger partial charge in [0.05, 0.1) is 5.71 Å². The molecule has 1 N–H and O–H groups in total. The number of carbonyl (C=O) groups excluding carboxylic acids is 1. The van der Waals surface area contributed by atoms with Gasteiger partial charge in [0.1, 0.15) is 6.54 Å². The van der Waals surface area contributed by atoms with Crippen LogP contribution in [0.2, 0.25) is 0 Å². The van der Waals surface area contributed by atoms with Gasteiger partial charge in [0.15, 0.2) is 0 Å². The number of fused-ring (bicyclic) bond motifs is 2. The predicted octanol–water partition coefficient (Wildman–Crippen LogP) is 4.33. The van der Waals surface area contributed by atoms with Gasteiger partial charge in [0.2, 0.25) is 0 Å². The molecule has 1 aromatic heterocycles. The zero-order chi connectivity index (χ0) is 17.9. The minimum Gasteiger partial charge on any atom is -0.338 e. The maximum absolute atomic E-state index is 12.3. The van der Waals surface area contributed by atoms with Crippen molar-refractivity contribution in [1.29, 1.82) is 0 Å². The van der Waals surface area contributed by atoms with Crippen molar-refractivity contribution in [1.82, 2.24) is 9.99 Å². The van der Waals surface area contributed by atoms with E-state index in [9.17, 15) is 4.79 Å². The van der Waals surface area contributed by atoms with Gasteiger partial charge in [-0.3, -0.25) is 4.79 Å². The Morgan fingerprint density at radius 2 is 1.65 bits per heavy atom. The highest BCUT2D eigenvalue weighted by Gasteiger charge is 2.06. The first kappa shape index (κ1) is 16.1. The number of rotatable bonds is 4. The van der Waals surface area contributed by atoms with E-state index in [0.29, 0.717) is 0 Å². The van der Waals surface area contributed by atoms with Crippen LogP contribution < -0.4 is 5.43 Å². The molecule has 0 aliphatic rings. The number of carbonyl (C=O) groups is 1. The molecule has 1 amide bonds. The highest BCUT2D eigenvalue weighted by atomic mass is 16.2. The van der Waals surface area contributed by atoms with Gasteiger partial charge in [0.25, 0.3) is 5.91 Å². The first-order valence-electron chi connectivity index (χ1n) is 8.57. The van der Waals surface area contributed by atoms with Crippen molar-refractivity contribution in [2.24, 2.45) is 5.10 Å². The fraction of sp³-hybridized carbons (Fsp3) is 0.0909. The number of nitrogens with zero attached hydrogens (tertiary/aromatic N) is 2. The highest BCUT2D eigenvalue weighted by molar-refractivity contribution is 6.02. The Labute approximate surface area is 151 Å². The number of hydrogen-bond donors (Lipinski definition) is 1. The van der Waals surface area contributed by atoms with E-state index < -0.39 is 0 Å². The molecule has 0 fully saturated rings. The lowest BCUT2D eigenvalue weighted by atomic mass is 10.0. The molecule has 26 heavy (non-hydrogen) atoms. The maximum atomic E-state index is 12.3. The zero-order valence-corrected chi connectivity index (χ0v) is 14.5. The fourth-order valence-electron chi connectivity index (χ4n) is 3.09. The van der Waals surface area contributed by atoms with Gasteiger partial charge in [-0.2, -0.15) is 5.10 Å². The monoisotopic (exact) mass is 341 g/mol. The van der Waals surface area contributed by atoms with Crippen molar-refractivity contribution in [2.45, 2.75) is 13.5 Å². The van der Waals surface area contributed by atoms with Crippen LogP contribution in [0.25, 0.3) is 21.7 Å². The van der Waals surface area contributed by atoms with Crippen molar-refractivity contribution in [3.8, 4) is 0 Å². The van der Waals surface area contributed by atoms with Gasteiger partial charge in [0, 0.05) is 11.7 Å². The molecular formula is C22H19N3O. The predicted molar refractivity (Wildman–Crippen MR) is 106 cm³/mol. The Bertz CT molecular complexity index is 1120. The van der Waals surface area contributed by atoms with Crippen LogP contribution in [0.5, 0.6) is 0 Å². The summed E-state index contributed by atoms with van der Waals surface area (Å²) in [6.07, 6.45) is 1.92. The highest BCUT2D eigenvalue weighted by Crippen LogP contribution is 2.16. The third-order valence-corrected chi connectivity index (χ3v) is 4.51. The van der Waals surface area contributed by atoms with Crippen molar-refractivity contribution >= 4 is 33.3 Å². The summed E-state index contributed by atoms with van der Waals surface area (Å²) < 4.78 is 1.92. The first-order chi connectivity index (χ1) is 12.7. The van der Waals surface area contributed by atoms with Crippen LogP contribution in [0.3, 0.4) is 0 Å². The fourth-order valence-corrected chi connectivity index (χ4v) is 3.09. The normalized spacial score (nSPS) is 11.8. The summed E-state index contributed by atoms with van der Waals surface area (Å²) in [5.41, 5.74) is 5.47. The smallest absolute Gasteiger partial charge is 0.259 e. The molecule has 0 spiro atoms. The summed E-state index contributed by atoms with van der Waals surface area (Å²) in [6, 6.07) is 24.4. The van der Waals surface area contributed by atoms with E-state index in [4.69, 9.17) is 0 Å². The summed E-state index contributed by atoms with van der Waals surface area (Å²) in [7, 11) is 0. The lowest BCUT2D eigenvalue weighted by Gasteiger charge is -2.06. The van der Waals surface area contributed by atoms with Crippen LogP contribution in [0.15, 0.2) is 84.1 Å². The van der Waals surface area contributed by atoms with Crippen molar-refractivity contribution < 1.29 is 4.79 Å². The molecule has 4 heteroatoms. The van der Waals surface area contributed by atoms with E-state index in [1.54, 1.807) is 0 Å². The van der Waals surface area contributed by atoms with Gasteiger partial charge in [-0.1, -0.05) is 54.6 Å². The second-order valence-corrected chi connectivity index (χ2v) is 6.30. The molecule has 0 saturated heterocycles. The molecule has 0 unspecified atom stereocenters. The van der Waals surface area contributed by atoms with Crippen molar-refractivity contribution in [3.63, 3.8) is 0 Å². The standard InChI is InChI=1S/C22H19N3O/c1-16(19-11-10-17-6-2-3-8-20(17)14-19)23-24-22(26)15-25-13-12-18-7-4-5-9-21(18)25/h2-14H,15H2,1H3,(H,24,26). The molecule has 0 bridgehead atoms. The number of para-hydroxylation sites is 1. The number of benzene rings is 3. The second-order valence-electron chi connectivity index (χ2n) is 6.30. The molecule has 0 aliphatic carbocycles. The topological polar surface area (TPSA) is 46.4 Å². The maximum Gasteiger partial charge on any atom is 0.259 e. The Morgan fingerprint density at radius 3 is 2.50 bits per heavy atom. The van der Waals surface area contributed by atoms with E-state index in [1.807, 2.05) is 66.2 Å². The quantitative estimate of drug-likeness (QED) is 0.436. The Morgan fingerprint density at radius 1 is 0.923 bits per heavy atom. The van der Waals surface area contributed by atoms with E-state index in [-0.39, 0.29) is 12.5 Å². The second kappa shape index (κ2) is 6.84. The average Bonchev–Trinajstić information content (AvgIpc) is 3.08. The lowest BCUT2D eigenvalue weighted by Crippen LogP contribution is -2.23. The largest absolute Gasteiger partial charge is 0.338 e.